The number of nitrogens with zero attached hydrogens (tertiary/aromatic N) is 1. The molecule has 0 saturated carbocycles. The number of rotatable bonds is 5. The lowest BCUT2D eigenvalue weighted by Gasteiger charge is -2.16. The maximum Gasteiger partial charge on any atom is 0.231 e. The SMILES string of the molecule is COc1c(C=C(C)C(=O)c2ccc(N)c(N(C)C)c2)ccc2c1OCO2. The molecule has 0 amide bonds. The molecule has 0 atom stereocenters. The molecule has 1 heterocycles. The number of hydrogen-bond donors (Lipinski definition) is 1. The quantitative estimate of drug-likeness (QED) is 0.504. The second-order valence-corrected chi connectivity index (χ2v) is 6.25. The minimum Gasteiger partial charge on any atom is -0.492 e. The molecule has 0 radical (unpaired) electrons. The topological polar surface area (TPSA) is 74.0 Å². The smallest absolute Gasteiger partial charge is 0.231 e. The van der Waals surface area contributed by atoms with Gasteiger partial charge in [-0.25, -0.2) is 0 Å². The molecule has 0 fully saturated rings. The Morgan fingerprint density at radius 1 is 1.23 bits per heavy atom. The zero-order valence-electron chi connectivity index (χ0n) is 15.3. The van der Waals surface area contributed by atoms with Gasteiger partial charge in [-0.2, -0.15) is 0 Å². The number of benzene rings is 2. The third-order valence-corrected chi connectivity index (χ3v) is 4.23. The van der Waals surface area contributed by atoms with E-state index in [-0.39, 0.29) is 12.6 Å². The second kappa shape index (κ2) is 7.00. The number of fused-ring (bicyclic) bond motifs is 1. The van der Waals surface area contributed by atoms with Crippen LogP contribution < -0.4 is 24.8 Å². The summed E-state index contributed by atoms with van der Waals surface area (Å²) in [5.41, 5.74) is 9.33. The number of hydrogen-bond acceptors (Lipinski definition) is 6. The molecule has 0 bridgehead atoms. The maximum absolute atomic E-state index is 12.8. The molecule has 0 saturated heterocycles. The van der Waals surface area contributed by atoms with E-state index < -0.39 is 0 Å². The van der Waals surface area contributed by atoms with Gasteiger partial charge in [-0.3, -0.25) is 4.79 Å². The van der Waals surface area contributed by atoms with Crippen molar-refractivity contribution in [1.82, 2.24) is 0 Å². The number of allylic oxidation sites excluding steroid dienone is 1. The number of carbonyl (C=O) groups is 1. The third kappa shape index (κ3) is 3.18. The molecule has 26 heavy (non-hydrogen) atoms. The summed E-state index contributed by atoms with van der Waals surface area (Å²) in [6, 6.07) is 8.93. The van der Waals surface area contributed by atoms with Crippen LogP contribution in [-0.4, -0.2) is 33.8 Å². The minimum absolute atomic E-state index is 0.0761. The molecule has 136 valence electrons. The fraction of sp³-hybridized carbons (Fsp3) is 0.250. The number of anilines is 2. The van der Waals surface area contributed by atoms with E-state index in [0.29, 0.717) is 34.1 Å². The Morgan fingerprint density at radius 2 is 2.00 bits per heavy atom. The van der Waals surface area contributed by atoms with Gasteiger partial charge in [0.15, 0.2) is 17.3 Å². The van der Waals surface area contributed by atoms with Crippen LogP contribution in [0.4, 0.5) is 11.4 Å². The molecule has 6 nitrogen and oxygen atoms in total. The van der Waals surface area contributed by atoms with Crippen molar-refractivity contribution in [3.8, 4) is 17.2 Å². The van der Waals surface area contributed by atoms with Crippen molar-refractivity contribution in [2.24, 2.45) is 0 Å². The molecule has 2 N–H and O–H groups in total. The summed E-state index contributed by atoms with van der Waals surface area (Å²) in [7, 11) is 5.34. The van der Waals surface area contributed by atoms with E-state index >= 15 is 0 Å². The Labute approximate surface area is 152 Å². The van der Waals surface area contributed by atoms with Crippen LogP contribution in [0, 0.1) is 0 Å². The first-order valence-electron chi connectivity index (χ1n) is 8.18. The van der Waals surface area contributed by atoms with Gasteiger partial charge >= 0.3 is 0 Å². The van der Waals surface area contributed by atoms with E-state index in [2.05, 4.69) is 0 Å². The number of carbonyl (C=O) groups excluding carboxylic acids is 1. The van der Waals surface area contributed by atoms with E-state index in [1.165, 1.54) is 0 Å². The zero-order chi connectivity index (χ0) is 18.8. The summed E-state index contributed by atoms with van der Waals surface area (Å²) in [5.74, 6) is 1.67. The Bertz CT molecular complexity index is 888. The maximum atomic E-state index is 12.8. The first kappa shape index (κ1) is 17.7. The average Bonchev–Trinajstić information content (AvgIpc) is 3.09. The van der Waals surface area contributed by atoms with Crippen LogP contribution in [0.15, 0.2) is 35.9 Å². The molecule has 1 aliphatic rings. The Morgan fingerprint density at radius 3 is 2.69 bits per heavy atom. The summed E-state index contributed by atoms with van der Waals surface area (Å²) in [6.45, 7) is 1.94. The molecular formula is C20H22N2O4. The fourth-order valence-electron chi connectivity index (χ4n) is 2.88. The average molecular weight is 354 g/mol. The van der Waals surface area contributed by atoms with Crippen LogP contribution in [0.25, 0.3) is 6.08 Å². The van der Waals surface area contributed by atoms with Crippen LogP contribution >= 0.6 is 0 Å². The summed E-state index contributed by atoms with van der Waals surface area (Å²) < 4.78 is 16.3. The second-order valence-electron chi connectivity index (χ2n) is 6.25. The monoisotopic (exact) mass is 354 g/mol. The molecule has 0 unspecified atom stereocenters. The normalized spacial score (nSPS) is 12.8. The molecule has 0 spiro atoms. The van der Waals surface area contributed by atoms with Gasteiger partial charge in [-0.05, 0) is 48.9 Å². The summed E-state index contributed by atoms with van der Waals surface area (Å²) >= 11 is 0. The van der Waals surface area contributed by atoms with Gasteiger partial charge in [0.05, 0.1) is 18.5 Å². The van der Waals surface area contributed by atoms with Crippen molar-refractivity contribution in [1.29, 1.82) is 0 Å². The number of nitrogens with two attached hydrogens (primary N) is 1. The van der Waals surface area contributed by atoms with Crippen LogP contribution in [0.2, 0.25) is 0 Å². The summed E-state index contributed by atoms with van der Waals surface area (Å²) in [4.78, 5) is 14.7. The molecule has 3 rings (SSSR count). The molecule has 1 aliphatic heterocycles. The van der Waals surface area contributed by atoms with E-state index in [0.717, 1.165) is 11.3 Å². The predicted octanol–water partition coefficient (Wildman–Crippen LogP) is 3.36. The highest BCUT2D eigenvalue weighted by Gasteiger charge is 2.21. The first-order chi connectivity index (χ1) is 12.4. The lowest BCUT2D eigenvalue weighted by molar-refractivity contribution is 0.103. The van der Waals surface area contributed by atoms with Gasteiger partial charge in [0.2, 0.25) is 12.5 Å². The largest absolute Gasteiger partial charge is 0.492 e. The Kier molecular flexibility index (Phi) is 4.75. The Hall–Kier alpha value is -3.15. The summed E-state index contributed by atoms with van der Waals surface area (Å²) in [6.07, 6.45) is 1.79. The molecule has 0 aliphatic carbocycles. The third-order valence-electron chi connectivity index (χ3n) is 4.23. The lowest BCUT2D eigenvalue weighted by atomic mass is 10.0. The van der Waals surface area contributed by atoms with Crippen molar-refractivity contribution in [2.45, 2.75) is 6.92 Å². The highest BCUT2D eigenvalue weighted by atomic mass is 16.7. The van der Waals surface area contributed by atoms with Crippen LogP contribution in [-0.2, 0) is 0 Å². The van der Waals surface area contributed by atoms with E-state index in [9.17, 15) is 4.79 Å². The van der Waals surface area contributed by atoms with Crippen molar-refractivity contribution in [2.75, 3.05) is 38.6 Å². The number of ether oxygens (including phenoxy) is 3. The fourth-order valence-corrected chi connectivity index (χ4v) is 2.88. The van der Waals surface area contributed by atoms with E-state index in [1.54, 1.807) is 38.3 Å². The molecule has 6 heteroatoms. The number of ketones is 1. The van der Waals surface area contributed by atoms with Gasteiger partial charge in [-0.1, -0.05) is 0 Å². The highest BCUT2D eigenvalue weighted by Crippen LogP contribution is 2.43. The molecule has 0 aromatic heterocycles. The van der Waals surface area contributed by atoms with Gasteiger partial charge in [0.25, 0.3) is 0 Å². The number of methoxy groups -OCH3 is 1. The molecule has 2 aromatic carbocycles. The Balaban J connectivity index is 1.96. The van der Waals surface area contributed by atoms with Crippen molar-refractivity contribution < 1.29 is 19.0 Å². The van der Waals surface area contributed by atoms with Crippen molar-refractivity contribution in [3.63, 3.8) is 0 Å². The van der Waals surface area contributed by atoms with Crippen LogP contribution in [0.5, 0.6) is 17.2 Å². The van der Waals surface area contributed by atoms with Gasteiger partial charge < -0.3 is 24.8 Å². The van der Waals surface area contributed by atoms with Crippen molar-refractivity contribution >= 4 is 23.2 Å². The first-order valence-corrected chi connectivity index (χ1v) is 8.18. The number of nitrogen functional groups attached to an aromatic ring is 1. The van der Waals surface area contributed by atoms with Gasteiger partial charge in [-0.15, -0.1) is 0 Å². The zero-order valence-corrected chi connectivity index (χ0v) is 15.3. The van der Waals surface area contributed by atoms with Gasteiger partial charge in [0.1, 0.15) is 0 Å². The predicted molar refractivity (Wildman–Crippen MR) is 102 cm³/mol. The molecular weight excluding hydrogens is 332 g/mol. The van der Waals surface area contributed by atoms with Gasteiger partial charge in [0, 0.05) is 25.2 Å². The standard InChI is InChI=1S/C20H22N2O4/c1-12(18(23)13-5-7-15(21)16(10-13)22(2)3)9-14-6-8-17-20(19(14)24-4)26-11-25-17/h5-10H,11,21H2,1-4H3. The minimum atomic E-state index is -0.0761. The van der Waals surface area contributed by atoms with E-state index in [4.69, 9.17) is 19.9 Å². The van der Waals surface area contributed by atoms with Crippen molar-refractivity contribution in [3.05, 3.63) is 47.0 Å². The van der Waals surface area contributed by atoms with Crippen LogP contribution in [0.3, 0.4) is 0 Å². The lowest BCUT2D eigenvalue weighted by Crippen LogP contribution is -2.12. The number of Topliss-reactive ketones (excluding diaryl/α,β-unsaturated/α-hetero) is 1. The van der Waals surface area contributed by atoms with Crippen LogP contribution in [0.1, 0.15) is 22.8 Å². The van der Waals surface area contributed by atoms with E-state index in [1.807, 2.05) is 31.1 Å². The molecule has 2 aromatic rings. The summed E-state index contributed by atoms with van der Waals surface area (Å²) in [5, 5.41) is 0. The highest BCUT2D eigenvalue weighted by molar-refractivity contribution is 6.11.